The van der Waals surface area contributed by atoms with Gasteiger partial charge in [0.25, 0.3) is 0 Å². The van der Waals surface area contributed by atoms with Crippen LogP contribution in [0.2, 0.25) is 0 Å². The third kappa shape index (κ3) is 3.90. The van der Waals surface area contributed by atoms with Gasteiger partial charge in [-0.1, -0.05) is 28.9 Å². The van der Waals surface area contributed by atoms with Gasteiger partial charge in [0.05, 0.1) is 5.69 Å². The zero-order valence-electron chi connectivity index (χ0n) is 11.7. The van der Waals surface area contributed by atoms with Gasteiger partial charge in [0.2, 0.25) is 0 Å². The van der Waals surface area contributed by atoms with Crippen LogP contribution in [-0.2, 0) is 13.5 Å². The molecule has 20 heavy (non-hydrogen) atoms. The van der Waals surface area contributed by atoms with Gasteiger partial charge in [-0.05, 0) is 31.2 Å². The molecule has 1 aromatic carbocycles. The summed E-state index contributed by atoms with van der Waals surface area (Å²) in [6.45, 7) is 2.95. The minimum absolute atomic E-state index is 0.0575. The van der Waals surface area contributed by atoms with Gasteiger partial charge in [-0.25, -0.2) is 4.39 Å². The van der Waals surface area contributed by atoms with Crippen molar-refractivity contribution in [3.05, 3.63) is 52.0 Å². The summed E-state index contributed by atoms with van der Waals surface area (Å²) < 4.78 is 16.7. The Kier molecular flexibility index (Phi) is 5.31. The smallest absolute Gasteiger partial charge is 0.129 e. The second-order valence-corrected chi connectivity index (χ2v) is 5.77. The van der Waals surface area contributed by atoms with Crippen LogP contribution in [0, 0.1) is 5.82 Å². The molecule has 1 N–H and O–H groups in total. The lowest BCUT2D eigenvalue weighted by Gasteiger charge is -2.19. The van der Waals surface area contributed by atoms with E-state index in [1.54, 1.807) is 4.68 Å². The number of aromatic nitrogens is 2. The molecule has 5 heteroatoms. The Bertz CT molecular complexity index is 568. The predicted octanol–water partition coefficient (Wildman–Crippen LogP) is 3.61. The average molecular weight is 340 g/mol. The minimum Gasteiger partial charge on any atom is -0.310 e. The summed E-state index contributed by atoms with van der Waals surface area (Å²) in [6, 6.07) is 7.12. The van der Waals surface area contributed by atoms with Crippen LogP contribution in [0.5, 0.6) is 0 Å². The summed E-state index contributed by atoms with van der Waals surface area (Å²) >= 11 is 3.29. The maximum atomic E-state index is 14.1. The first kappa shape index (κ1) is 15.2. The maximum Gasteiger partial charge on any atom is 0.129 e. The molecular weight excluding hydrogens is 321 g/mol. The van der Waals surface area contributed by atoms with E-state index in [0.29, 0.717) is 12.0 Å². The van der Waals surface area contributed by atoms with Crippen molar-refractivity contribution in [1.29, 1.82) is 0 Å². The molecule has 1 atom stereocenters. The third-order valence-corrected chi connectivity index (χ3v) is 3.65. The topological polar surface area (TPSA) is 29.9 Å². The fourth-order valence-electron chi connectivity index (χ4n) is 2.18. The molecule has 0 aliphatic heterocycles. The highest BCUT2D eigenvalue weighted by atomic mass is 79.9. The van der Waals surface area contributed by atoms with E-state index >= 15 is 0 Å². The zero-order chi connectivity index (χ0) is 14.5. The molecule has 2 aromatic rings. The van der Waals surface area contributed by atoms with Crippen molar-refractivity contribution >= 4 is 15.9 Å². The zero-order valence-corrected chi connectivity index (χ0v) is 13.3. The maximum absolute atomic E-state index is 14.1. The van der Waals surface area contributed by atoms with Crippen molar-refractivity contribution in [2.45, 2.75) is 25.8 Å². The number of nitrogens with zero attached hydrogens (tertiary/aromatic N) is 2. The van der Waals surface area contributed by atoms with E-state index < -0.39 is 0 Å². The lowest BCUT2D eigenvalue weighted by atomic mass is 10.0. The molecule has 0 saturated carbocycles. The van der Waals surface area contributed by atoms with E-state index in [9.17, 15) is 4.39 Å². The number of nitrogens with one attached hydrogen (secondary N) is 1. The van der Waals surface area contributed by atoms with Gasteiger partial charge in [-0.15, -0.1) is 0 Å². The van der Waals surface area contributed by atoms with Crippen LogP contribution in [0.1, 0.15) is 30.6 Å². The molecule has 0 amide bonds. The summed E-state index contributed by atoms with van der Waals surface area (Å²) in [7, 11) is 1.89. The van der Waals surface area contributed by atoms with Gasteiger partial charge in [0, 0.05) is 35.7 Å². The number of halogens is 2. The molecule has 2 rings (SSSR count). The third-order valence-electron chi connectivity index (χ3n) is 3.16. The van der Waals surface area contributed by atoms with Crippen LogP contribution in [0.3, 0.4) is 0 Å². The fourth-order valence-corrected chi connectivity index (χ4v) is 2.51. The van der Waals surface area contributed by atoms with Crippen LogP contribution in [0.4, 0.5) is 4.39 Å². The first-order valence-corrected chi connectivity index (χ1v) is 7.56. The van der Waals surface area contributed by atoms with Crippen molar-refractivity contribution in [3.8, 4) is 0 Å². The molecule has 0 saturated heterocycles. The van der Waals surface area contributed by atoms with Crippen molar-refractivity contribution in [3.63, 3.8) is 0 Å². The van der Waals surface area contributed by atoms with E-state index in [-0.39, 0.29) is 11.9 Å². The number of hydrogen-bond acceptors (Lipinski definition) is 2. The Morgan fingerprint density at radius 1 is 1.40 bits per heavy atom. The quantitative estimate of drug-likeness (QED) is 0.871. The Balaban J connectivity index is 2.22. The van der Waals surface area contributed by atoms with Crippen molar-refractivity contribution in [1.82, 2.24) is 15.1 Å². The van der Waals surface area contributed by atoms with Crippen molar-refractivity contribution in [2.75, 3.05) is 6.54 Å². The monoisotopic (exact) mass is 339 g/mol. The summed E-state index contributed by atoms with van der Waals surface area (Å²) in [5, 5.41) is 7.78. The Labute approximate surface area is 127 Å². The van der Waals surface area contributed by atoms with Crippen LogP contribution in [0.15, 0.2) is 34.9 Å². The van der Waals surface area contributed by atoms with Crippen LogP contribution >= 0.6 is 15.9 Å². The van der Waals surface area contributed by atoms with E-state index in [0.717, 1.165) is 23.1 Å². The Morgan fingerprint density at radius 2 is 2.20 bits per heavy atom. The fraction of sp³-hybridized carbons (Fsp3) is 0.400. The molecule has 3 nitrogen and oxygen atoms in total. The molecule has 1 aromatic heterocycles. The summed E-state index contributed by atoms with van der Waals surface area (Å²) in [6.07, 6.45) is 3.60. The Hall–Kier alpha value is -1.20. The summed E-state index contributed by atoms with van der Waals surface area (Å²) in [4.78, 5) is 0. The van der Waals surface area contributed by atoms with E-state index in [1.807, 2.05) is 31.4 Å². The van der Waals surface area contributed by atoms with Crippen LogP contribution in [0.25, 0.3) is 0 Å². The molecule has 0 fully saturated rings. The van der Waals surface area contributed by atoms with Gasteiger partial charge in [0.15, 0.2) is 0 Å². The highest BCUT2D eigenvalue weighted by molar-refractivity contribution is 9.10. The molecule has 0 bridgehead atoms. The van der Waals surface area contributed by atoms with Gasteiger partial charge in [-0.3, -0.25) is 4.68 Å². The first-order valence-electron chi connectivity index (χ1n) is 6.77. The number of benzene rings is 1. The second-order valence-electron chi connectivity index (χ2n) is 4.86. The molecule has 1 heterocycles. The molecule has 0 aliphatic carbocycles. The molecular formula is C15H19BrFN3. The average Bonchev–Trinajstić information content (AvgIpc) is 2.80. The SMILES string of the molecule is CCCNC(Cc1ccn(C)n1)c1ccc(Br)cc1F. The summed E-state index contributed by atoms with van der Waals surface area (Å²) in [5.74, 6) is -0.191. The van der Waals surface area contributed by atoms with Gasteiger partial charge < -0.3 is 5.32 Å². The van der Waals surface area contributed by atoms with Gasteiger partial charge in [0.1, 0.15) is 5.82 Å². The largest absolute Gasteiger partial charge is 0.310 e. The molecule has 0 aliphatic rings. The van der Waals surface area contributed by atoms with Crippen LogP contribution < -0.4 is 5.32 Å². The van der Waals surface area contributed by atoms with E-state index in [2.05, 4.69) is 33.3 Å². The van der Waals surface area contributed by atoms with Crippen molar-refractivity contribution < 1.29 is 4.39 Å². The highest BCUT2D eigenvalue weighted by Crippen LogP contribution is 2.23. The lowest BCUT2D eigenvalue weighted by molar-refractivity contribution is 0.491. The normalized spacial score (nSPS) is 12.6. The molecule has 0 radical (unpaired) electrons. The predicted molar refractivity (Wildman–Crippen MR) is 82.0 cm³/mol. The molecule has 1 unspecified atom stereocenters. The standard InChI is InChI=1S/C15H19BrFN3/c1-3-7-18-15(10-12-6-8-20(2)19-12)13-5-4-11(16)9-14(13)17/h4-6,8-9,15,18H,3,7,10H2,1-2H3. The number of aryl methyl sites for hydroxylation is 1. The first-order chi connectivity index (χ1) is 9.60. The Morgan fingerprint density at radius 3 is 2.80 bits per heavy atom. The van der Waals surface area contributed by atoms with Gasteiger partial charge in [-0.2, -0.15) is 5.10 Å². The minimum atomic E-state index is -0.191. The van der Waals surface area contributed by atoms with E-state index in [1.165, 1.54) is 6.07 Å². The second kappa shape index (κ2) is 6.99. The lowest BCUT2D eigenvalue weighted by Crippen LogP contribution is -2.25. The molecule has 0 spiro atoms. The highest BCUT2D eigenvalue weighted by Gasteiger charge is 2.17. The van der Waals surface area contributed by atoms with Gasteiger partial charge >= 0.3 is 0 Å². The van der Waals surface area contributed by atoms with Crippen molar-refractivity contribution in [2.24, 2.45) is 7.05 Å². The number of hydrogen-bond donors (Lipinski definition) is 1. The summed E-state index contributed by atoms with van der Waals surface area (Å²) in [5.41, 5.74) is 1.65. The van der Waals surface area contributed by atoms with E-state index in [4.69, 9.17) is 0 Å². The number of rotatable bonds is 6. The molecule has 108 valence electrons. The van der Waals surface area contributed by atoms with Crippen LogP contribution in [-0.4, -0.2) is 16.3 Å².